The molecule has 0 saturated carbocycles. The molecule has 156 valence electrons. The number of carbonyl (C=O) groups excluding carboxylic acids is 1. The van der Waals surface area contributed by atoms with Crippen LogP contribution in [0.2, 0.25) is 0 Å². The Bertz CT molecular complexity index is 792. The maximum atomic E-state index is 13.0. The van der Waals surface area contributed by atoms with Gasteiger partial charge in [-0.1, -0.05) is 83.3 Å². The summed E-state index contributed by atoms with van der Waals surface area (Å²) in [4.78, 5) is 14.6. The van der Waals surface area contributed by atoms with Crippen molar-refractivity contribution in [3.63, 3.8) is 0 Å². The summed E-state index contributed by atoms with van der Waals surface area (Å²) in [6, 6.07) is 18.7. The highest BCUT2D eigenvalue weighted by atomic mass is 127. The number of ether oxygens (including phenoxy) is 2. The molecule has 0 aromatic heterocycles. The summed E-state index contributed by atoms with van der Waals surface area (Å²) in [6.45, 7) is 2.35. The average Bonchev–Trinajstić information content (AvgIpc) is 2.74. The van der Waals surface area contributed by atoms with E-state index in [9.17, 15) is 9.90 Å². The summed E-state index contributed by atoms with van der Waals surface area (Å²) in [6.07, 6.45) is -0.183. The molecular formula is C22H27IN2O4. The first-order chi connectivity index (χ1) is 13.9. The number of nitrogens with two attached hydrogens (primary N) is 1. The lowest BCUT2D eigenvalue weighted by Gasteiger charge is -2.45. The first-order valence-electron chi connectivity index (χ1n) is 9.69. The molecule has 2 aromatic rings. The Hall–Kier alpha value is -1.68. The number of benzene rings is 2. The molecule has 3 rings (SSSR count). The van der Waals surface area contributed by atoms with Crippen LogP contribution < -0.4 is 5.73 Å². The van der Waals surface area contributed by atoms with Crippen molar-refractivity contribution in [2.24, 2.45) is 5.73 Å². The normalized spacial score (nSPS) is 25.2. The van der Waals surface area contributed by atoms with Gasteiger partial charge in [0.15, 0.2) is 6.29 Å². The van der Waals surface area contributed by atoms with Crippen LogP contribution in [0.5, 0.6) is 0 Å². The van der Waals surface area contributed by atoms with Gasteiger partial charge in [-0.05, 0) is 30.9 Å². The minimum absolute atomic E-state index is 0.0240. The fourth-order valence-electron chi connectivity index (χ4n) is 3.38. The van der Waals surface area contributed by atoms with Crippen molar-refractivity contribution < 1.29 is 19.4 Å². The number of aliphatic hydroxyl groups excluding tert-OH is 1. The molecule has 0 bridgehead atoms. The minimum atomic E-state index is -1.15. The third-order valence-corrected chi connectivity index (χ3v) is 6.51. The third-order valence-electron chi connectivity index (χ3n) is 5.27. The van der Waals surface area contributed by atoms with Gasteiger partial charge in [-0.15, -0.1) is 0 Å². The van der Waals surface area contributed by atoms with E-state index < -0.39 is 24.2 Å². The van der Waals surface area contributed by atoms with E-state index in [1.165, 1.54) is 0 Å². The summed E-state index contributed by atoms with van der Waals surface area (Å²) in [5, 5.41) is 10.2. The Balaban J connectivity index is 1.77. The molecule has 1 fully saturated rings. The number of aliphatic hydroxyl groups is 1. The number of amides is 1. The summed E-state index contributed by atoms with van der Waals surface area (Å²) in [7, 11) is 0. The molecule has 1 saturated heterocycles. The molecule has 1 aliphatic rings. The Kier molecular flexibility index (Phi) is 7.50. The second-order valence-electron chi connectivity index (χ2n) is 7.35. The first-order valence-corrected chi connectivity index (χ1v) is 10.9. The van der Waals surface area contributed by atoms with Crippen LogP contribution in [-0.4, -0.2) is 38.1 Å². The van der Waals surface area contributed by atoms with E-state index in [4.69, 9.17) is 15.2 Å². The smallest absolute Gasteiger partial charge is 0.410 e. The standard InChI is InChI=1S/C22H27IN2O4/c1-16(22(24)13-12-19(23)20(26)29-22)25(14-17-8-4-2-5-9-17)21(27)28-15-18-10-6-3-7-11-18/h2-11,16,19-20,26H,12-15,24H2,1H3/t16-,19?,20?,22-/m0/s1. The molecule has 0 spiro atoms. The number of nitrogens with zero attached hydrogens (tertiary/aromatic N) is 1. The summed E-state index contributed by atoms with van der Waals surface area (Å²) < 4.78 is 11.3. The molecule has 1 amide bonds. The van der Waals surface area contributed by atoms with Gasteiger partial charge in [0.2, 0.25) is 0 Å². The lowest BCUT2D eigenvalue weighted by molar-refractivity contribution is -0.224. The van der Waals surface area contributed by atoms with Crippen LogP contribution in [0.25, 0.3) is 0 Å². The molecule has 0 aliphatic carbocycles. The highest BCUT2D eigenvalue weighted by molar-refractivity contribution is 14.1. The molecular weight excluding hydrogens is 483 g/mol. The van der Waals surface area contributed by atoms with Gasteiger partial charge >= 0.3 is 6.09 Å². The van der Waals surface area contributed by atoms with Gasteiger partial charge in [-0.3, -0.25) is 4.90 Å². The Morgan fingerprint density at radius 3 is 2.41 bits per heavy atom. The number of carbonyl (C=O) groups is 1. The summed E-state index contributed by atoms with van der Waals surface area (Å²) in [5.41, 5.74) is 7.24. The molecule has 0 radical (unpaired) electrons. The lowest BCUT2D eigenvalue weighted by atomic mass is 9.94. The highest BCUT2D eigenvalue weighted by Gasteiger charge is 2.45. The second kappa shape index (κ2) is 9.88. The molecule has 3 N–H and O–H groups in total. The number of alkyl halides is 1. The predicted molar refractivity (Wildman–Crippen MR) is 119 cm³/mol. The van der Waals surface area contributed by atoms with Crippen molar-refractivity contribution in [2.75, 3.05) is 0 Å². The number of rotatable bonds is 6. The van der Waals surface area contributed by atoms with Crippen molar-refractivity contribution in [1.29, 1.82) is 0 Å². The lowest BCUT2D eigenvalue weighted by Crippen LogP contribution is -2.63. The maximum absolute atomic E-state index is 13.0. The van der Waals surface area contributed by atoms with Crippen molar-refractivity contribution in [2.45, 2.75) is 54.9 Å². The van der Waals surface area contributed by atoms with Crippen LogP contribution in [-0.2, 0) is 22.6 Å². The van der Waals surface area contributed by atoms with Gasteiger partial charge in [0.25, 0.3) is 0 Å². The zero-order valence-electron chi connectivity index (χ0n) is 16.4. The molecule has 1 aliphatic heterocycles. The van der Waals surface area contributed by atoms with Gasteiger partial charge in [0, 0.05) is 6.54 Å². The molecule has 1 heterocycles. The minimum Gasteiger partial charge on any atom is -0.445 e. The number of hydrogen-bond acceptors (Lipinski definition) is 5. The number of halogens is 1. The van der Waals surface area contributed by atoms with Crippen LogP contribution >= 0.6 is 22.6 Å². The monoisotopic (exact) mass is 510 g/mol. The van der Waals surface area contributed by atoms with Crippen LogP contribution in [0.3, 0.4) is 0 Å². The van der Waals surface area contributed by atoms with Crippen molar-refractivity contribution in [3.8, 4) is 0 Å². The fraction of sp³-hybridized carbons (Fsp3) is 0.409. The first kappa shape index (κ1) is 22.0. The topological polar surface area (TPSA) is 85.0 Å². The third kappa shape index (κ3) is 5.69. The van der Waals surface area contributed by atoms with Crippen molar-refractivity contribution >= 4 is 28.7 Å². The van der Waals surface area contributed by atoms with Crippen molar-refractivity contribution in [3.05, 3.63) is 71.8 Å². The fourth-order valence-corrected chi connectivity index (χ4v) is 3.83. The van der Waals surface area contributed by atoms with E-state index in [0.29, 0.717) is 19.4 Å². The van der Waals surface area contributed by atoms with Gasteiger partial charge in [-0.2, -0.15) is 0 Å². The van der Waals surface area contributed by atoms with Crippen LogP contribution in [0.1, 0.15) is 30.9 Å². The SMILES string of the molecule is C[C@H](N(Cc1ccccc1)C(=O)OCc1ccccc1)[C@]1(N)CCC(I)C(O)O1. The molecule has 29 heavy (non-hydrogen) atoms. The van der Waals surface area contributed by atoms with Gasteiger partial charge in [-0.25, -0.2) is 4.79 Å². The highest BCUT2D eigenvalue weighted by Crippen LogP contribution is 2.33. The van der Waals surface area contributed by atoms with E-state index in [-0.39, 0.29) is 10.5 Å². The van der Waals surface area contributed by atoms with E-state index >= 15 is 0 Å². The van der Waals surface area contributed by atoms with E-state index in [2.05, 4.69) is 22.6 Å². The maximum Gasteiger partial charge on any atom is 0.410 e. The molecule has 2 aromatic carbocycles. The van der Waals surface area contributed by atoms with Gasteiger partial charge in [0.1, 0.15) is 12.3 Å². The van der Waals surface area contributed by atoms with Crippen LogP contribution in [0, 0.1) is 0 Å². The summed E-state index contributed by atoms with van der Waals surface area (Å²) in [5.74, 6) is 0. The van der Waals surface area contributed by atoms with Crippen molar-refractivity contribution in [1.82, 2.24) is 4.90 Å². The zero-order chi connectivity index (χ0) is 20.9. The van der Waals surface area contributed by atoms with E-state index in [1.54, 1.807) is 4.90 Å². The molecule has 7 heteroatoms. The molecule has 4 atom stereocenters. The Morgan fingerprint density at radius 2 is 1.83 bits per heavy atom. The largest absolute Gasteiger partial charge is 0.445 e. The Morgan fingerprint density at radius 1 is 1.24 bits per heavy atom. The van der Waals surface area contributed by atoms with E-state index in [1.807, 2.05) is 67.6 Å². The van der Waals surface area contributed by atoms with Crippen LogP contribution in [0.4, 0.5) is 4.79 Å². The number of hydrogen-bond donors (Lipinski definition) is 2. The molecule has 6 nitrogen and oxygen atoms in total. The molecule has 2 unspecified atom stereocenters. The predicted octanol–water partition coefficient (Wildman–Crippen LogP) is 3.80. The van der Waals surface area contributed by atoms with Crippen LogP contribution in [0.15, 0.2) is 60.7 Å². The average molecular weight is 510 g/mol. The summed E-state index contributed by atoms with van der Waals surface area (Å²) >= 11 is 2.16. The zero-order valence-corrected chi connectivity index (χ0v) is 18.6. The van der Waals surface area contributed by atoms with Gasteiger partial charge in [0.05, 0.1) is 9.97 Å². The Labute approximate surface area is 185 Å². The van der Waals surface area contributed by atoms with E-state index in [0.717, 1.165) is 11.1 Å². The quantitative estimate of drug-likeness (QED) is 0.456. The second-order valence-corrected chi connectivity index (χ2v) is 8.95. The van der Waals surface area contributed by atoms with Gasteiger partial charge < -0.3 is 20.3 Å².